The molecule has 0 unspecified atom stereocenters. The van der Waals surface area contributed by atoms with Crippen molar-refractivity contribution in [2.24, 2.45) is 0 Å². The van der Waals surface area contributed by atoms with E-state index in [-0.39, 0.29) is 5.69 Å². The SMILES string of the molecule is CCCn1c(SCc2cn3ccccc3n2)n[nH]c1=O. The third-order valence-corrected chi connectivity index (χ3v) is 3.94. The van der Waals surface area contributed by atoms with Crippen LogP contribution in [0.15, 0.2) is 40.5 Å². The van der Waals surface area contributed by atoms with Gasteiger partial charge < -0.3 is 4.40 Å². The molecule has 6 nitrogen and oxygen atoms in total. The normalized spacial score (nSPS) is 11.2. The summed E-state index contributed by atoms with van der Waals surface area (Å²) in [6.07, 6.45) is 4.87. The zero-order valence-electron chi connectivity index (χ0n) is 11.1. The number of fused-ring (bicyclic) bond motifs is 1. The lowest BCUT2D eigenvalue weighted by Gasteiger charge is -2.01. The number of nitrogens with zero attached hydrogens (tertiary/aromatic N) is 4. The van der Waals surface area contributed by atoms with Crippen molar-refractivity contribution in [3.63, 3.8) is 0 Å². The Labute approximate surface area is 119 Å². The lowest BCUT2D eigenvalue weighted by Crippen LogP contribution is -2.17. The van der Waals surface area contributed by atoms with Crippen LogP contribution in [0.5, 0.6) is 0 Å². The second-order valence-electron chi connectivity index (χ2n) is 4.45. The van der Waals surface area contributed by atoms with Crippen molar-refractivity contribution >= 4 is 17.4 Å². The summed E-state index contributed by atoms with van der Waals surface area (Å²) in [4.78, 5) is 16.1. The van der Waals surface area contributed by atoms with E-state index in [4.69, 9.17) is 0 Å². The molecule has 104 valence electrons. The first-order valence-electron chi connectivity index (χ1n) is 6.48. The highest BCUT2D eigenvalue weighted by Crippen LogP contribution is 2.19. The lowest BCUT2D eigenvalue weighted by molar-refractivity contribution is 0.604. The Hall–Kier alpha value is -2.02. The predicted octanol–water partition coefficient (Wildman–Crippen LogP) is 1.92. The molecule has 0 saturated heterocycles. The van der Waals surface area contributed by atoms with Gasteiger partial charge >= 0.3 is 5.69 Å². The number of nitrogens with one attached hydrogen (secondary N) is 1. The quantitative estimate of drug-likeness (QED) is 0.729. The molecule has 3 rings (SSSR count). The Kier molecular flexibility index (Phi) is 3.60. The Morgan fingerprint density at radius 1 is 1.40 bits per heavy atom. The zero-order valence-corrected chi connectivity index (χ0v) is 11.9. The van der Waals surface area contributed by atoms with Crippen LogP contribution in [0.4, 0.5) is 0 Å². The van der Waals surface area contributed by atoms with E-state index in [1.165, 1.54) is 11.8 Å². The molecule has 20 heavy (non-hydrogen) atoms. The van der Waals surface area contributed by atoms with Crippen LogP contribution in [-0.2, 0) is 12.3 Å². The molecular weight excluding hydrogens is 274 g/mol. The fraction of sp³-hybridized carbons (Fsp3) is 0.308. The number of hydrogen-bond donors (Lipinski definition) is 1. The van der Waals surface area contributed by atoms with Gasteiger partial charge in [-0.2, -0.15) is 0 Å². The van der Waals surface area contributed by atoms with Gasteiger partial charge in [-0.05, 0) is 18.6 Å². The molecule has 0 aliphatic heterocycles. The molecule has 0 atom stereocenters. The van der Waals surface area contributed by atoms with Crippen molar-refractivity contribution in [1.29, 1.82) is 0 Å². The molecule has 0 amide bonds. The number of pyridine rings is 1. The van der Waals surface area contributed by atoms with Gasteiger partial charge in [0.05, 0.1) is 5.69 Å². The summed E-state index contributed by atoms with van der Waals surface area (Å²) in [5, 5.41) is 7.27. The second-order valence-corrected chi connectivity index (χ2v) is 5.39. The highest BCUT2D eigenvalue weighted by Gasteiger charge is 2.09. The average molecular weight is 289 g/mol. The molecular formula is C13H15N5OS. The summed E-state index contributed by atoms with van der Waals surface area (Å²) >= 11 is 1.52. The van der Waals surface area contributed by atoms with Crippen molar-refractivity contribution in [3.05, 3.63) is 46.8 Å². The molecule has 3 aromatic heterocycles. The first-order valence-corrected chi connectivity index (χ1v) is 7.47. The Morgan fingerprint density at radius 2 is 2.30 bits per heavy atom. The van der Waals surface area contributed by atoms with Crippen LogP contribution in [0.25, 0.3) is 5.65 Å². The summed E-state index contributed by atoms with van der Waals surface area (Å²) in [6, 6.07) is 5.90. The molecule has 0 aliphatic rings. The van der Waals surface area contributed by atoms with Crippen LogP contribution in [0.2, 0.25) is 0 Å². The fourth-order valence-corrected chi connectivity index (χ4v) is 2.89. The third kappa shape index (κ3) is 2.49. The molecule has 0 saturated carbocycles. The van der Waals surface area contributed by atoms with E-state index in [0.717, 1.165) is 17.8 Å². The van der Waals surface area contributed by atoms with Gasteiger partial charge in [-0.3, -0.25) is 4.57 Å². The molecule has 0 aromatic carbocycles. The number of aromatic amines is 1. The number of H-pyrrole nitrogens is 1. The number of imidazole rings is 1. The van der Waals surface area contributed by atoms with Gasteiger partial charge in [0.1, 0.15) is 5.65 Å². The van der Waals surface area contributed by atoms with E-state index in [0.29, 0.717) is 17.5 Å². The van der Waals surface area contributed by atoms with Crippen LogP contribution >= 0.6 is 11.8 Å². The lowest BCUT2D eigenvalue weighted by atomic mass is 10.5. The van der Waals surface area contributed by atoms with Crippen LogP contribution in [0, 0.1) is 0 Å². The molecule has 0 spiro atoms. The molecule has 0 radical (unpaired) electrons. The molecule has 3 heterocycles. The summed E-state index contributed by atoms with van der Waals surface area (Å²) in [7, 11) is 0. The minimum Gasteiger partial charge on any atom is -0.307 e. The van der Waals surface area contributed by atoms with E-state index < -0.39 is 0 Å². The first kappa shape index (κ1) is 13.0. The molecule has 0 bridgehead atoms. The summed E-state index contributed by atoms with van der Waals surface area (Å²) in [5.74, 6) is 0.690. The van der Waals surface area contributed by atoms with Crippen molar-refractivity contribution in [2.45, 2.75) is 30.8 Å². The van der Waals surface area contributed by atoms with Crippen LogP contribution in [0.1, 0.15) is 19.0 Å². The van der Waals surface area contributed by atoms with Crippen LogP contribution in [-0.4, -0.2) is 24.1 Å². The van der Waals surface area contributed by atoms with Crippen LogP contribution in [0.3, 0.4) is 0 Å². The van der Waals surface area contributed by atoms with Crippen molar-refractivity contribution in [2.75, 3.05) is 0 Å². The summed E-state index contributed by atoms with van der Waals surface area (Å²) in [5.41, 5.74) is 1.75. The summed E-state index contributed by atoms with van der Waals surface area (Å²) < 4.78 is 3.65. The van der Waals surface area contributed by atoms with E-state index in [1.54, 1.807) is 4.57 Å². The van der Waals surface area contributed by atoms with Gasteiger partial charge in [0, 0.05) is 24.7 Å². The van der Waals surface area contributed by atoms with E-state index in [1.807, 2.05) is 41.9 Å². The molecule has 0 fully saturated rings. The first-order chi connectivity index (χ1) is 9.78. The number of rotatable bonds is 5. The van der Waals surface area contributed by atoms with Gasteiger partial charge in [0.25, 0.3) is 0 Å². The van der Waals surface area contributed by atoms with Gasteiger partial charge in [-0.15, -0.1) is 5.10 Å². The molecule has 3 aromatic rings. The number of aromatic nitrogens is 5. The minimum atomic E-state index is -0.149. The Bertz CT molecular complexity index is 739. The maximum Gasteiger partial charge on any atom is 0.343 e. The van der Waals surface area contributed by atoms with E-state index in [2.05, 4.69) is 15.2 Å². The Balaban J connectivity index is 1.77. The monoisotopic (exact) mass is 289 g/mol. The summed E-state index contributed by atoms with van der Waals surface area (Å²) in [6.45, 7) is 2.72. The van der Waals surface area contributed by atoms with E-state index in [9.17, 15) is 4.79 Å². The maximum atomic E-state index is 11.6. The highest BCUT2D eigenvalue weighted by molar-refractivity contribution is 7.98. The molecule has 1 N–H and O–H groups in total. The van der Waals surface area contributed by atoms with Crippen molar-refractivity contribution < 1.29 is 0 Å². The maximum absolute atomic E-state index is 11.6. The van der Waals surface area contributed by atoms with E-state index >= 15 is 0 Å². The topological polar surface area (TPSA) is 68.0 Å². The van der Waals surface area contributed by atoms with Gasteiger partial charge in [-0.25, -0.2) is 14.9 Å². The van der Waals surface area contributed by atoms with Gasteiger partial charge in [0.15, 0.2) is 5.16 Å². The Morgan fingerprint density at radius 3 is 3.10 bits per heavy atom. The minimum absolute atomic E-state index is 0.149. The van der Waals surface area contributed by atoms with Crippen LogP contribution < -0.4 is 5.69 Å². The molecule has 7 heteroatoms. The molecule has 0 aliphatic carbocycles. The largest absolute Gasteiger partial charge is 0.343 e. The zero-order chi connectivity index (χ0) is 13.9. The smallest absolute Gasteiger partial charge is 0.307 e. The van der Waals surface area contributed by atoms with Crippen molar-refractivity contribution in [3.8, 4) is 0 Å². The number of thioether (sulfide) groups is 1. The van der Waals surface area contributed by atoms with Crippen molar-refractivity contribution in [1.82, 2.24) is 24.1 Å². The fourth-order valence-electron chi connectivity index (χ4n) is 2.03. The van der Waals surface area contributed by atoms with Gasteiger partial charge in [-0.1, -0.05) is 24.8 Å². The standard InChI is InChI=1S/C13H15N5OS/c1-2-6-18-12(19)15-16-13(18)20-9-10-8-17-7-4-3-5-11(17)14-10/h3-5,7-8H,2,6,9H2,1H3,(H,15,19). The third-order valence-electron chi connectivity index (χ3n) is 2.93. The average Bonchev–Trinajstić information content (AvgIpc) is 3.02. The number of hydrogen-bond acceptors (Lipinski definition) is 4. The van der Waals surface area contributed by atoms with Gasteiger partial charge in [0.2, 0.25) is 0 Å². The predicted molar refractivity (Wildman–Crippen MR) is 77.9 cm³/mol. The highest BCUT2D eigenvalue weighted by atomic mass is 32.2. The second kappa shape index (κ2) is 5.54.